The van der Waals surface area contributed by atoms with Gasteiger partial charge in [-0.25, -0.2) is 0 Å². The predicted octanol–water partition coefficient (Wildman–Crippen LogP) is 2.57. The lowest BCUT2D eigenvalue weighted by Gasteiger charge is -2.20. The third-order valence-electron chi connectivity index (χ3n) is 3.29. The number of fused-ring (bicyclic) bond motifs is 1. The molecule has 0 aliphatic carbocycles. The second kappa shape index (κ2) is 5.07. The Morgan fingerprint density at radius 2 is 2.26 bits per heavy atom. The van der Waals surface area contributed by atoms with Gasteiger partial charge in [-0.3, -0.25) is 4.79 Å². The first kappa shape index (κ1) is 12.3. The quantitative estimate of drug-likeness (QED) is 0.789. The molecule has 1 aromatic carbocycles. The van der Waals surface area contributed by atoms with Crippen LogP contribution in [0.1, 0.15) is 21.6 Å². The lowest BCUT2D eigenvalue weighted by atomic mass is 9.99. The number of anilines is 1. The average molecular weight is 276 g/mol. The maximum atomic E-state index is 12.1. The van der Waals surface area contributed by atoms with Gasteiger partial charge < -0.3 is 15.6 Å². The highest BCUT2D eigenvalue weighted by Gasteiger charge is 2.15. The molecule has 0 fully saturated rings. The molecule has 3 N–H and O–H groups in total. The molecule has 0 bridgehead atoms. The molecule has 3 rings (SSSR count). The maximum absolute atomic E-state index is 12.1. The van der Waals surface area contributed by atoms with Crippen molar-refractivity contribution in [2.45, 2.75) is 13.0 Å². The Balaban J connectivity index is 1.85. The van der Waals surface area contributed by atoms with Gasteiger partial charge in [-0.05, 0) is 36.2 Å². The van der Waals surface area contributed by atoms with Crippen LogP contribution in [0, 0.1) is 0 Å². The normalized spacial score (nSPS) is 13.9. The van der Waals surface area contributed by atoms with Crippen molar-refractivity contribution < 1.29 is 4.79 Å². The van der Waals surface area contributed by atoms with Crippen LogP contribution < -0.4 is 10.6 Å². The maximum Gasteiger partial charge on any atom is 0.272 e. The Labute approximate surface area is 116 Å². The van der Waals surface area contributed by atoms with Crippen LogP contribution in [0.4, 0.5) is 5.69 Å². The van der Waals surface area contributed by atoms with Gasteiger partial charge in [0.05, 0.1) is 5.02 Å². The first-order valence-electron chi connectivity index (χ1n) is 6.21. The fourth-order valence-electron chi connectivity index (χ4n) is 2.32. The van der Waals surface area contributed by atoms with Crippen molar-refractivity contribution in [1.29, 1.82) is 0 Å². The molecule has 5 heteroatoms. The monoisotopic (exact) mass is 275 g/mol. The third-order valence-corrected chi connectivity index (χ3v) is 3.50. The minimum absolute atomic E-state index is 0.175. The lowest BCUT2D eigenvalue weighted by molar-refractivity contribution is 0.102. The van der Waals surface area contributed by atoms with E-state index in [0.29, 0.717) is 10.7 Å². The first-order valence-corrected chi connectivity index (χ1v) is 6.58. The van der Waals surface area contributed by atoms with Crippen LogP contribution in [0.3, 0.4) is 0 Å². The van der Waals surface area contributed by atoms with Gasteiger partial charge in [0.2, 0.25) is 0 Å². The topological polar surface area (TPSA) is 56.9 Å². The van der Waals surface area contributed by atoms with E-state index in [0.717, 1.165) is 25.2 Å². The van der Waals surface area contributed by atoms with Gasteiger partial charge in [0.15, 0.2) is 0 Å². The van der Waals surface area contributed by atoms with Crippen molar-refractivity contribution in [3.8, 4) is 0 Å². The first-order chi connectivity index (χ1) is 9.24. The number of carbonyl (C=O) groups is 1. The second-order valence-corrected chi connectivity index (χ2v) is 4.99. The molecule has 1 aromatic heterocycles. The molecule has 4 nitrogen and oxygen atoms in total. The standard InChI is InChI=1S/C14H14ClN3O/c15-10-6-13(17-7-10)14(19)18-12-3-1-2-9-4-5-16-8-11(9)12/h1-3,6-7,16-17H,4-5,8H2,(H,18,19). The predicted molar refractivity (Wildman–Crippen MR) is 75.6 cm³/mol. The summed E-state index contributed by atoms with van der Waals surface area (Å²) in [5, 5.41) is 6.78. The van der Waals surface area contributed by atoms with Gasteiger partial charge in [0.1, 0.15) is 5.69 Å². The molecule has 1 aliphatic rings. The number of aromatic nitrogens is 1. The number of aromatic amines is 1. The molecule has 0 unspecified atom stereocenters. The number of H-pyrrole nitrogens is 1. The second-order valence-electron chi connectivity index (χ2n) is 4.56. The van der Waals surface area contributed by atoms with Crippen molar-refractivity contribution in [2.24, 2.45) is 0 Å². The Morgan fingerprint density at radius 1 is 1.37 bits per heavy atom. The van der Waals surface area contributed by atoms with Crippen molar-refractivity contribution >= 4 is 23.2 Å². The van der Waals surface area contributed by atoms with Gasteiger partial charge in [-0.15, -0.1) is 0 Å². The molecule has 0 saturated heterocycles. The zero-order valence-electron chi connectivity index (χ0n) is 10.3. The molecule has 1 aliphatic heterocycles. The SMILES string of the molecule is O=C(Nc1cccc2c1CNCC2)c1cc(Cl)c[nH]1. The summed E-state index contributed by atoms with van der Waals surface area (Å²) >= 11 is 5.80. The molecular weight excluding hydrogens is 262 g/mol. The van der Waals surface area contributed by atoms with Crippen LogP contribution in [0.25, 0.3) is 0 Å². The molecule has 98 valence electrons. The number of rotatable bonds is 2. The number of hydrogen-bond donors (Lipinski definition) is 3. The van der Waals surface area contributed by atoms with Gasteiger partial charge in [-0.2, -0.15) is 0 Å². The largest absolute Gasteiger partial charge is 0.356 e. The van der Waals surface area contributed by atoms with Crippen LogP contribution in [0.5, 0.6) is 0 Å². The van der Waals surface area contributed by atoms with E-state index in [1.165, 1.54) is 11.1 Å². The fourth-order valence-corrected chi connectivity index (χ4v) is 2.48. The number of benzene rings is 1. The molecule has 2 heterocycles. The Bertz CT molecular complexity index is 621. The molecule has 0 radical (unpaired) electrons. The van der Waals surface area contributed by atoms with Crippen molar-refractivity contribution in [3.05, 3.63) is 52.3 Å². The number of hydrogen-bond acceptors (Lipinski definition) is 2. The van der Waals surface area contributed by atoms with E-state index in [1.807, 2.05) is 12.1 Å². The number of halogens is 1. The number of nitrogens with one attached hydrogen (secondary N) is 3. The molecule has 1 amide bonds. The minimum atomic E-state index is -0.175. The van der Waals surface area contributed by atoms with E-state index in [1.54, 1.807) is 12.3 Å². The third kappa shape index (κ3) is 2.50. The number of carbonyl (C=O) groups excluding carboxylic acids is 1. The summed E-state index contributed by atoms with van der Waals surface area (Å²) < 4.78 is 0. The lowest BCUT2D eigenvalue weighted by Crippen LogP contribution is -2.25. The van der Waals surface area contributed by atoms with Crippen molar-refractivity contribution in [2.75, 3.05) is 11.9 Å². The summed E-state index contributed by atoms with van der Waals surface area (Å²) in [5.41, 5.74) is 3.78. The van der Waals surface area contributed by atoms with Crippen LogP contribution in [-0.4, -0.2) is 17.4 Å². The van der Waals surface area contributed by atoms with Gasteiger partial charge in [0, 0.05) is 18.4 Å². The summed E-state index contributed by atoms with van der Waals surface area (Å²) in [6.45, 7) is 1.77. The van der Waals surface area contributed by atoms with E-state index >= 15 is 0 Å². The highest BCUT2D eigenvalue weighted by molar-refractivity contribution is 6.31. The summed E-state index contributed by atoms with van der Waals surface area (Å²) in [5.74, 6) is -0.175. The Hall–Kier alpha value is -1.78. The molecule has 19 heavy (non-hydrogen) atoms. The molecule has 2 aromatic rings. The summed E-state index contributed by atoms with van der Waals surface area (Å²) in [7, 11) is 0. The van der Waals surface area contributed by atoms with Crippen LogP contribution in [0.15, 0.2) is 30.5 Å². The molecular formula is C14H14ClN3O. The zero-order chi connectivity index (χ0) is 13.2. The minimum Gasteiger partial charge on any atom is -0.356 e. The Kier molecular flexibility index (Phi) is 3.27. The van der Waals surface area contributed by atoms with E-state index < -0.39 is 0 Å². The fraction of sp³-hybridized carbons (Fsp3) is 0.214. The highest BCUT2D eigenvalue weighted by atomic mass is 35.5. The van der Waals surface area contributed by atoms with Crippen molar-refractivity contribution in [3.63, 3.8) is 0 Å². The Morgan fingerprint density at radius 3 is 3.05 bits per heavy atom. The smallest absolute Gasteiger partial charge is 0.272 e. The van der Waals surface area contributed by atoms with E-state index in [2.05, 4.69) is 21.7 Å². The van der Waals surface area contributed by atoms with Crippen LogP contribution in [0.2, 0.25) is 5.02 Å². The zero-order valence-corrected chi connectivity index (χ0v) is 11.1. The number of amides is 1. The molecule has 0 spiro atoms. The molecule has 0 saturated carbocycles. The van der Waals surface area contributed by atoms with Crippen molar-refractivity contribution in [1.82, 2.24) is 10.3 Å². The van der Waals surface area contributed by atoms with Crippen LogP contribution >= 0.6 is 11.6 Å². The highest BCUT2D eigenvalue weighted by Crippen LogP contribution is 2.23. The van der Waals surface area contributed by atoms with E-state index in [-0.39, 0.29) is 5.91 Å². The van der Waals surface area contributed by atoms with E-state index in [9.17, 15) is 4.79 Å². The van der Waals surface area contributed by atoms with Gasteiger partial charge >= 0.3 is 0 Å². The molecule has 0 atom stereocenters. The average Bonchev–Trinajstić information content (AvgIpc) is 2.86. The van der Waals surface area contributed by atoms with Gasteiger partial charge in [0.25, 0.3) is 5.91 Å². The van der Waals surface area contributed by atoms with Gasteiger partial charge in [-0.1, -0.05) is 23.7 Å². The van der Waals surface area contributed by atoms with E-state index in [4.69, 9.17) is 11.6 Å². The van der Waals surface area contributed by atoms with Crippen LogP contribution in [-0.2, 0) is 13.0 Å². The summed E-state index contributed by atoms with van der Waals surface area (Å²) in [4.78, 5) is 14.9. The summed E-state index contributed by atoms with van der Waals surface area (Å²) in [6.07, 6.45) is 2.59. The summed E-state index contributed by atoms with van der Waals surface area (Å²) in [6, 6.07) is 7.62.